The van der Waals surface area contributed by atoms with Crippen LogP contribution in [0, 0.1) is 0 Å². The number of nitrogens with zero attached hydrogens (tertiary/aromatic N) is 2. The van der Waals surface area contributed by atoms with Gasteiger partial charge in [0.2, 0.25) is 0 Å². The maximum absolute atomic E-state index is 13.3. The van der Waals surface area contributed by atoms with E-state index in [1.54, 1.807) is 0 Å². The third-order valence-electron chi connectivity index (χ3n) is 5.30. The molecule has 1 aliphatic heterocycles. The van der Waals surface area contributed by atoms with Crippen LogP contribution in [0.4, 0.5) is 0 Å². The Morgan fingerprint density at radius 3 is 3.00 bits per heavy atom. The van der Waals surface area contributed by atoms with Gasteiger partial charge in [0.25, 0.3) is 5.91 Å². The molecule has 2 aliphatic rings. The number of fused-ring (bicyclic) bond motifs is 3. The molecule has 1 saturated carbocycles. The van der Waals surface area contributed by atoms with Gasteiger partial charge in [-0.2, -0.15) is 0 Å². The lowest BCUT2D eigenvalue weighted by atomic mass is 10.1. The van der Waals surface area contributed by atoms with Crippen LogP contribution < -0.4 is 0 Å². The molecule has 1 saturated heterocycles. The fraction of sp³-hybridized carbons (Fsp3) is 0.526. The van der Waals surface area contributed by atoms with Gasteiger partial charge in [0.15, 0.2) is 0 Å². The molecule has 0 unspecified atom stereocenters. The fourth-order valence-electron chi connectivity index (χ4n) is 4.22. The van der Waals surface area contributed by atoms with Crippen molar-refractivity contribution in [3.05, 3.63) is 36.0 Å². The van der Waals surface area contributed by atoms with Crippen LogP contribution in [0.3, 0.4) is 0 Å². The van der Waals surface area contributed by atoms with E-state index in [2.05, 4.69) is 0 Å². The molecule has 128 valence electrons. The predicted octanol–water partition coefficient (Wildman–Crippen LogP) is 2.59. The lowest BCUT2D eigenvalue weighted by Gasteiger charge is -2.31. The largest absolute Gasteiger partial charge is 0.374 e. The number of para-hydroxylation sites is 1. The molecule has 0 N–H and O–H groups in total. The smallest absolute Gasteiger partial charge is 0.256 e. The van der Waals surface area contributed by atoms with Gasteiger partial charge in [0.1, 0.15) is 6.10 Å². The number of benzene rings is 1. The van der Waals surface area contributed by atoms with Crippen molar-refractivity contribution in [3.63, 3.8) is 0 Å². The second-order valence-electron chi connectivity index (χ2n) is 6.64. The molecule has 2 heterocycles. The van der Waals surface area contributed by atoms with Gasteiger partial charge < -0.3 is 18.9 Å². The second kappa shape index (κ2) is 6.22. The Hall–Kier alpha value is -1.85. The molecule has 4 rings (SSSR count). The lowest BCUT2D eigenvalue weighted by Crippen LogP contribution is -2.46. The molecule has 24 heavy (non-hydrogen) atoms. The summed E-state index contributed by atoms with van der Waals surface area (Å²) in [6.45, 7) is 3.87. The van der Waals surface area contributed by atoms with Gasteiger partial charge in [-0.15, -0.1) is 0 Å². The zero-order valence-electron chi connectivity index (χ0n) is 14.3. The number of hydrogen-bond donors (Lipinski definition) is 0. The maximum atomic E-state index is 13.3. The summed E-state index contributed by atoms with van der Waals surface area (Å²) in [7, 11) is 1.99. The first-order chi connectivity index (χ1) is 11.7. The van der Waals surface area contributed by atoms with Crippen LogP contribution in [0.25, 0.3) is 10.9 Å². The summed E-state index contributed by atoms with van der Waals surface area (Å²) < 4.78 is 13.9. The first-order valence-corrected chi connectivity index (χ1v) is 8.79. The maximum Gasteiger partial charge on any atom is 0.256 e. The summed E-state index contributed by atoms with van der Waals surface area (Å²) in [6, 6.07) is 8.17. The number of ether oxygens (including phenoxy) is 2. The van der Waals surface area contributed by atoms with Crippen molar-refractivity contribution in [2.24, 2.45) is 7.05 Å². The summed E-state index contributed by atoms with van der Waals surface area (Å²) in [6.07, 6.45) is 3.98. The lowest BCUT2D eigenvalue weighted by molar-refractivity contribution is -0.0484. The predicted molar refractivity (Wildman–Crippen MR) is 92.1 cm³/mol. The van der Waals surface area contributed by atoms with Gasteiger partial charge >= 0.3 is 0 Å². The minimum absolute atomic E-state index is 0.00331. The Bertz CT molecular complexity index is 754. The van der Waals surface area contributed by atoms with Crippen LogP contribution in [0.1, 0.15) is 30.1 Å². The molecule has 3 atom stereocenters. The standard InChI is InChI=1S/C19H24N2O3/c1-3-23-18-16-8-9-17(18)24-11-10-21(16)19(22)14-12-20(2)15-7-5-4-6-13(14)15/h4-7,12,16-18H,3,8-11H2,1-2H3/t16-,17-,18+/m1/s1. The Morgan fingerprint density at radius 1 is 1.33 bits per heavy atom. The molecule has 5 heteroatoms. The molecule has 2 aromatic rings. The molecule has 0 radical (unpaired) electrons. The van der Waals surface area contributed by atoms with Crippen molar-refractivity contribution in [1.82, 2.24) is 9.47 Å². The van der Waals surface area contributed by atoms with Crippen LogP contribution in [0.5, 0.6) is 0 Å². The Kier molecular flexibility index (Phi) is 4.06. The highest BCUT2D eigenvalue weighted by Crippen LogP contribution is 2.33. The quantitative estimate of drug-likeness (QED) is 0.870. The van der Waals surface area contributed by atoms with Crippen molar-refractivity contribution in [2.75, 3.05) is 19.8 Å². The van der Waals surface area contributed by atoms with Gasteiger partial charge in [-0.1, -0.05) is 18.2 Å². The average molecular weight is 328 g/mol. The monoisotopic (exact) mass is 328 g/mol. The van der Waals surface area contributed by atoms with Crippen LogP contribution in [0.15, 0.2) is 30.5 Å². The van der Waals surface area contributed by atoms with Crippen molar-refractivity contribution >= 4 is 16.8 Å². The molecule has 0 spiro atoms. The van der Waals surface area contributed by atoms with E-state index in [0.717, 1.165) is 29.3 Å². The normalized spacial score (nSPS) is 26.8. The van der Waals surface area contributed by atoms with Gasteiger partial charge in [0.05, 0.1) is 24.3 Å². The number of carbonyl (C=O) groups excluding carboxylic acids is 1. The first kappa shape index (κ1) is 15.7. The minimum atomic E-state index is -0.00331. The molecule has 2 fully saturated rings. The van der Waals surface area contributed by atoms with E-state index < -0.39 is 0 Å². The van der Waals surface area contributed by atoms with Gasteiger partial charge in [0, 0.05) is 37.3 Å². The molecule has 5 nitrogen and oxygen atoms in total. The molecular weight excluding hydrogens is 304 g/mol. The highest BCUT2D eigenvalue weighted by Gasteiger charge is 2.44. The summed E-state index contributed by atoms with van der Waals surface area (Å²) in [5.74, 6) is 0.0904. The summed E-state index contributed by atoms with van der Waals surface area (Å²) in [5, 5.41) is 1.01. The van der Waals surface area contributed by atoms with E-state index in [9.17, 15) is 4.79 Å². The number of amides is 1. The van der Waals surface area contributed by atoms with E-state index >= 15 is 0 Å². The van der Waals surface area contributed by atoms with Crippen molar-refractivity contribution in [3.8, 4) is 0 Å². The summed E-state index contributed by atoms with van der Waals surface area (Å²) in [5.41, 5.74) is 1.85. The molecule has 1 amide bonds. The van der Waals surface area contributed by atoms with Crippen LogP contribution in [-0.2, 0) is 16.5 Å². The minimum Gasteiger partial charge on any atom is -0.374 e. The van der Waals surface area contributed by atoms with Gasteiger partial charge in [-0.25, -0.2) is 0 Å². The number of hydrogen-bond acceptors (Lipinski definition) is 3. The Balaban J connectivity index is 1.70. The van der Waals surface area contributed by atoms with Crippen molar-refractivity contribution in [1.29, 1.82) is 0 Å². The van der Waals surface area contributed by atoms with Crippen molar-refractivity contribution < 1.29 is 14.3 Å². The van der Waals surface area contributed by atoms with E-state index in [1.807, 2.05) is 53.9 Å². The summed E-state index contributed by atoms with van der Waals surface area (Å²) in [4.78, 5) is 15.3. The second-order valence-corrected chi connectivity index (χ2v) is 6.64. The van der Waals surface area contributed by atoms with Gasteiger partial charge in [-0.3, -0.25) is 4.79 Å². The highest BCUT2D eigenvalue weighted by molar-refractivity contribution is 6.07. The number of rotatable bonds is 3. The van der Waals surface area contributed by atoms with Crippen LogP contribution in [0.2, 0.25) is 0 Å². The van der Waals surface area contributed by atoms with Crippen LogP contribution in [-0.4, -0.2) is 53.4 Å². The Labute approximate surface area is 142 Å². The summed E-state index contributed by atoms with van der Waals surface area (Å²) >= 11 is 0. The SMILES string of the molecule is CCO[C@H]1[C@H]2CC[C@H]1OCCN2C(=O)c1cn(C)c2ccccc12. The Morgan fingerprint density at radius 2 is 2.17 bits per heavy atom. The van der Waals surface area contributed by atoms with E-state index in [1.165, 1.54) is 0 Å². The molecule has 1 aliphatic carbocycles. The number of aromatic nitrogens is 1. The zero-order valence-corrected chi connectivity index (χ0v) is 14.3. The van der Waals surface area contributed by atoms with E-state index in [-0.39, 0.29) is 24.2 Å². The molecule has 1 aromatic heterocycles. The number of carbonyl (C=O) groups is 1. The van der Waals surface area contributed by atoms with Gasteiger partial charge in [-0.05, 0) is 25.8 Å². The van der Waals surface area contributed by atoms with Crippen molar-refractivity contribution in [2.45, 2.75) is 38.0 Å². The van der Waals surface area contributed by atoms with E-state index in [4.69, 9.17) is 9.47 Å². The topological polar surface area (TPSA) is 43.7 Å². The zero-order chi connectivity index (χ0) is 16.7. The van der Waals surface area contributed by atoms with E-state index in [0.29, 0.717) is 19.8 Å². The molecule has 2 bridgehead atoms. The highest BCUT2D eigenvalue weighted by atomic mass is 16.5. The average Bonchev–Trinajstić information content (AvgIpc) is 3.06. The number of aryl methyl sites for hydroxylation is 1. The first-order valence-electron chi connectivity index (χ1n) is 8.79. The third-order valence-corrected chi connectivity index (χ3v) is 5.30. The fourth-order valence-corrected chi connectivity index (χ4v) is 4.22. The molecular formula is C19H24N2O3. The third kappa shape index (κ3) is 2.43. The molecule has 1 aromatic carbocycles. The van der Waals surface area contributed by atoms with Crippen LogP contribution >= 0.6 is 0 Å².